The Kier molecular flexibility index (Phi) is 4.35. The van der Waals surface area contributed by atoms with E-state index < -0.39 is 7.60 Å². The second kappa shape index (κ2) is 5.01. The third-order valence-corrected chi connectivity index (χ3v) is 5.54. The van der Waals surface area contributed by atoms with Crippen LogP contribution in [0, 0.1) is 5.92 Å². The predicted octanol–water partition coefficient (Wildman–Crippen LogP) is 2.37. The summed E-state index contributed by atoms with van der Waals surface area (Å²) in [6.45, 7) is 3.83. The maximum Gasteiger partial charge on any atom is 0.330 e. The fraction of sp³-hybridized carbons (Fsp3) is 0.818. The van der Waals surface area contributed by atoms with Crippen LogP contribution in [0.4, 0.5) is 0 Å². The largest absolute Gasteiger partial charge is 0.330 e. The van der Waals surface area contributed by atoms with E-state index in [0.717, 1.165) is 12.8 Å². The van der Waals surface area contributed by atoms with E-state index in [-0.39, 0.29) is 5.54 Å². The lowest BCUT2D eigenvalue weighted by Gasteiger charge is -2.26. The van der Waals surface area contributed by atoms with Gasteiger partial charge in [-0.1, -0.05) is 6.08 Å². The lowest BCUT2D eigenvalue weighted by molar-refractivity contribution is 0.236. The molecule has 1 fully saturated rings. The van der Waals surface area contributed by atoms with E-state index in [2.05, 4.69) is 11.5 Å². The van der Waals surface area contributed by atoms with Gasteiger partial charge in [-0.25, -0.2) is 0 Å². The van der Waals surface area contributed by atoms with Gasteiger partial charge in [-0.2, -0.15) is 0 Å². The van der Waals surface area contributed by atoms with Crippen molar-refractivity contribution >= 4 is 7.60 Å². The van der Waals surface area contributed by atoms with Crippen LogP contribution in [0.15, 0.2) is 12.7 Å². The number of nitrogens with zero attached hydrogens (tertiary/aromatic N) is 1. The fourth-order valence-electron chi connectivity index (χ4n) is 2.24. The highest BCUT2D eigenvalue weighted by atomic mass is 31.2. The molecule has 0 aromatic heterocycles. The van der Waals surface area contributed by atoms with Gasteiger partial charge in [0.2, 0.25) is 0 Å². The van der Waals surface area contributed by atoms with Crippen molar-refractivity contribution in [3.05, 3.63) is 12.7 Å². The van der Waals surface area contributed by atoms with Crippen molar-refractivity contribution in [2.24, 2.45) is 5.92 Å². The summed E-state index contributed by atoms with van der Waals surface area (Å²) in [5, 5.41) is 0. The SMILES string of the molecule is C=C[C@@H]1C[C@]1(CCP(=O)(OC)OC)N(C)C. The zero-order valence-corrected chi connectivity index (χ0v) is 11.5. The molecule has 0 unspecified atom stereocenters. The van der Waals surface area contributed by atoms with Gasteiger partial charge in [0.1, 0.15) is 0 Å². The van der Waals surface area contributed by atoms with Gasteiger partial charge in [0.15, 0.2) is 0 Å². The first-order chi connectivity index (χ1) is 7.44. The van der Waals surface area contributed by atoms with E-state index in [1.807, 2.05) is 20.2 Å². The molecule has 0 aliphatic heterocycles. The van der Waals surface area contributed by atoms with Gasteiger partial charge in [0.25, 0.3) is 0 Å². The summed E-state index contributed by atoms with van der Waals surface area (Å²) in [5.74, 6) is 0.490. The minimum Gasteiger partial charge on any atom is -0.312 e. The van der Waals surface area contributed by atoms with Crippen molar-refractivity contribution in [3.8, 4) is 0 Å². The molecule has 1 aliphatic rings. The van der Waals surface area contributed by atoms with Gasteiger partial charge in [-0.05, 0) is 32.9 Å². The van der Waals surface area contributed by atoms with Crippen LogP contribution >= 0.6 is 7.60 Å². The van der Waals surface area contributed by atoms with Crippen LogP contribution in [0.1, 0.15) is 12.8 Å². The molecular formula is C11H22NO3P. The van der Waals surface area contributed by atoms with Crippen molar-refractivity contribution in [2.75, 3.05) is 34.5 Å². The predicted molar refractivity (Wildman–Crippen MR) is 65.8 cm³/mol. The molecule has 1 aliphatic carbocycles. The molecular weight excluding hydrogens is 225 g/mol. The highest BCUT2D eigenvalue weighted by Crippen LogP contribution is 2.55. The van der Waals surface area contributed by atoms with E-state index >= 15 is 0 Å². The zero-order valence-electron chi connectivity index (χ0n) is 10.6. The first-order valence-corrected chi connectivity index (χ1v) is 7.17. The molecule has 1 rings (SSSR count). The molecule has 2 atom stereocenters. The van der Waals surface area contributed by atoms with Crippen molar-refractivity contribution in [3.63, 3.8) is 0 Å². The standard InChI is InChI=1S/C11H22NO3P/c1-6-10-9-11(10,12(2)3)7-8-16(13,14-4)15-5/h6,10H,1,7-9H2,2-5H3/t10-,11+/m1/s1. The Morgan fingerprint density at radius 2 is 2.06 bits per heavy atom. The third-order valence-electron chi connectivity index (χ3n) is 3.65. The number of rotatable bonds is 7. The van der Waals surface area contributed by atoms with Crippen LogP contribution in [0.5, 0.6) is 0 Å². The minimum atomic E-state index is -2.88. The Morgan fingerprint density at radius 3 is 2.38 bits per heavy atom. The molecule has 0 aromatic rings. The van der Waals surface area contributed by atoms with Crippen molar-refractivity contribution in [1.82, 2.24) is 4.90 Å². The summed E-state index contributed by atoms with van der Waals surface area (Å²) in [5.41, 5.74) is 0.106. The lowest BCUT2D eigenvalue weighted by Crippen LogP contribution is -2.33. The molecule has 0 spiro atoms. The van der Waals surface area contributed by atoms with E-state index in [0.29, 0.717) is 12.1 Å². The maximum atomic E-state index is 12.0. The number of hydrogen-bond acceptors (Lipinski definition) is 4. The highest BCUT2D eigenvalue weighted by molar-refractivity contribution is 7.53. The Labute approximate surface area is 98.1 Å². The fourth-order valence-corrected chi connectivity index (χ4v) is 3.41. The third kappa shape index (κ3) is 2.57. The summed E-state index contributed by atoms with van der Waals surface area (Å²) < 4.78 is 21.8. The molecule has 0 heterocycles. The molecule has 4 nitrogen and oxygen atoms in total. The van der Waals surface area contributed by atoms with Gasteiger partial charge >= 0.3 is 7.60 Å². The summed E-state index contributed by atoms with van der Waals surface area (Å²) in [4.78, 5) is 2.19. The highest BCUT2D eigenvalue weighted by Gasteiger charge is 2.54. The van der Waals surface area contributed by atoms with E-state index in [9.17, 15) is 4.57 Å². The Hall–Kier alpha value is -0.150. The topological polar surface area (TPSA) is 38.8 Å². The normalized spacial score (nSPS) is 29.4. The molecule has 0 N–H and O–H groups in total. The maximum absolute atomic E-state index is 12.0. The molecule has 0 radical (unpaired) electrons. The van der Waals surface area contributed by atoms with E-state index in [1.54, 1.807) is 0 Å². The van der Waals surface area contributed by atoms with Crippen molar-refractivity contribution in [2.45, 2.75) is 18.4 Å². The van der Waals surface area contributed by atoms with Gasteiger partial charge in [-0.15, -0.1) is 6.58 Å². The Bertz CT molecular complexity index is 298. The summed E-state index contributed by atoms with van der Waals surface area (Å²) >= 11 is 0. The molecule has 94 valence electrons. The second-order valence-corrected chi connectivity index (χ2v) is 6.89. The molecule has 0 saturated heterocycles. The van der Waals surface area contributed by atoms with Crippen LogP contribution in [0.2, 0.25) is 0 Å². The smallest absolute Gasteiger partial charge is 0.312 e. The number of hydrogen-bond donors (Lipinski definition) is 0. The van der Waals surface area contributed by atoms with Crippen LogP contribution in [0.25, 0.3) is 0 Å². The summed E-state index contributed by atoms with van der Waals surface area (Å²) in [6.07, 6.45) is 4.33. The van der Waals surface area contributed by atoms with Gasteiger partial charge in [-0.3, -0.25) is 4.57 Å². The first kappa shape index (κ1) is 13.9. The Balaban J connectivity index is 2.60. The van der Waals surface area contributed by atoms with Gasteiger partial charge in [0, 0.05) is 19.8 Å². The Morgan fingerprint density at radius 1 is 1.50 bits per heavy atom. The van der Waals surface area contributed by atoms with Crippen LogP contribution in [0.3, 0.4) is 0 Å². The lowest BCUT2D eigenvalue weighted by atomic mass is 10.1. The van der Waals surface area contributed by atoms with Crippen LogP contribution < -0.4 is 0 Å². The molecule has 5 heteroatoms. The van der Waals surface area contributed by atoms with Crippen LogP contribution in [-0.4, -0.2) is 44.9 Å². The minimum absolute atomic E-state index is 0.106. The first-order valence-electron chi connectivity index (χ1n) is 5.44. The zero-order chi connectivity index (χ0) is 12.4. The molecule has 16 heavy (non-hydrogen) atoms. The monoisotopic (exact) mass is 247 g/mol. The molecule has 1 saturated carbocycles. The average Bonchev–Trinajstić information content (AvgIpc) is 3.01. The second-order valence-electron chi connectivity index (χ2n) is 4.49. The van der Waals surface area contributed by atoms with E-state index in [1.165, 1.54) is 14.2 Å². The molecule has 0 aromatic carbocycles. The van der Waals surface area contributed by atoms with Gasteiger partial charge < -0.3 is 13.9 Å². The molecule has 0 bridgehead atoms. The van der Waals surface area contributed by atoms with E-state index in [4.69, 9.17) is 9.05 Å². The molecule has 0 amide bonds. The summed E-state index contributed by atoms with van der Waals surface area (Å²) in [6, 6.07) is 0. The average molecular weight is 247 g/mol. The summed E-state index contributed by atoms with van der Waals surface area (Å²) in [7, 11) is 4.09. The van der Waals surface area contributed by atoms with Crippen molar-refractivity contribution in [1.29, 1.82) is 0 Å². The van der Waals surface area contributed by atoms with Crippen LogP contribution in [-0.2, 0) is 13.6 Å². The quantitative estimate of drug-likeness (QED) is 0.511. The van der Waals surface area contributed by atoms with Gasteiger partial charge in [0.05, 0.1) is 6.16 Å². The van der Waals surface area contributed by atoms with Crippen molar-refractivity contribution < 1.29 is 13.6 Å².